The van der Waals surface area contributed by atoms with Crippen molar-refractivity contribution in [1.82, 2.24) is 0 Å². The number of anilines is 1. The zero-order valence-corrected chi connectivity index (χ0v) is 16.6. The van der Waals surface area contributed by atoms with Crippen molar-refractivity contribution in [3.05, 3.63) is 23.8 Å². The van der Waals surface area contributed by atoms with Gasteiger partial charge in [0.25, 0.3) is 0 Å². The summed E-state index contributed by atoms with van der Waals surface area (Å²) >= 11 is 4.85. The number of nitrogens with zero attached hydrogens (tertiary/aromatic N) is 2. The Hall–Kier alpha value is -1.51. The molecule has 0 aromatic heterocycles. The lowest BCUT2D eigenvalue weighted by Gasteiger charge is -2.30. The first-order chi connectivity index (χ1) is 11.2. The van der Waals surface area contributed by atoms with Crippen molar-refractivity contribution >= 4 is 34.5 Å². The van der Waals surface area contributed by atoms with E-state index >= 15 is 0 Å². The summed E-state index contributed by atoms with van der Waals surface area (Å²) in [4.78, 5) is 18.1. The molecule has 24 heavy (non-hydrogen) atoms. The summed E-state index contributed by atoms with van der Waals surface area (Å²) in [5.41, 5.74) is 3.06. The maximum atomic E-state index is 11.4. The highest BCUT2D eigenvalue weighted by Crippen LogP contribution is 2.34. The quantitative estimate of drug-likeness (QED) is 0.429. The Bertz CT molecular complexity index is 594. The molecule has 0 bridgehead atoms. The molecule has 1 unspecified atom stereocenters. The zero-order valence-electron chi connectivity index (χ0n) is 15.8. The Kier molecular flexibility index (Phi) is 8.30. The standard InChI is InChI=1S/C20H30N2OS/c1-14(2)11-22(12-15(3)4)20-8-7-18(10-19(20)21-13-24)16(5)9-17(6)23/h7-8,10,14-16H,9,11-12H2,1-6H3. The van der Waals surface area contributed by atoms with Crippen molar-refractivity contribution in [2.75, 3.05) is 18.0 Å². The molecule has 4 heteroatoms. The molecule has 0 fully saturated rings. The van der Waals surface area contributed by atoms with Crippen molar-refractivity contribution < 1.29 is 4.79 Å². The number of rotatable bonds is 9. The van der Waals surface area contributed by atoms with Gasteiger partial charge in [-0.3, -0.25) is 0 Å². The van der Waals surface area contributed by atoms with E-state index in [1.54, 1.807) is 6.92 Å². The molecule has 1 atom stereocenters. The maximum Gasteiger partial charge on any atom is 0.130 e. The third-order valence-electron chi connectivity index (χ3n) is 3.84. The second-order valence-electron chi connectivity index (χ2n) is 7.45. The highest BCUT2D eigenvalue weighted by Gasteiger charge is 2.17. The summed E-state index contributed by atoms with van der Waals surface area (Å²) < 4.78 is 0. The number of hydrogen-bond donors (Lipinski definition) is 0. The Morgan fingerprint density at radius 1 is 1.17 bits per heavy atom. The molecular weight excluding hydrogens is 316 g/mol. The van der Waals surface area contributed by atoms with Gasteiger partial charge in [0.1, 0.15) is 5.78 Å². The van der Waals surface area contributed by atoms with Crippen LogP contribution >= 0.6 is 12.2 Å². The second-order valence-corrected chi connectivity index (χ2v) is 7.63. The van der Waals surface area contributed by atoms with Gasteiger partial charge in [-0.2, -0.15) is 4.99 Å². The van der Waals surface area contributed by atoms with Crippen LogP contribution in [0, 0.1) is 11.8 Å². The Balaban J connectivity index is 3.24. The Morgan fingerprint density at radius 3 is 2.21 bits per heavy atom. The minimum atomic E-state index is 0.180. The summed E-state index contributed by atoms with van der Waals surface area (Å²) in [5.74, 6) is 1.50. The second kappa shape index (κ2) is 9.71. The van der Waals surface area contributed by atoms with Crippen LogP contribution in [0.15, 0.2) is 23.2 Å². The van der Waals surface area contributed by atoms with Gasteiger partial charge in [-0.1, -0.05) is 40.7 Å². The van der Waals surface area contributed by atoms with Crippen molar-refractivity contribution in [2.24, 2.45) is 16.8 Å². The lowest BCUT2D eigenvalue weighted by Crippen LogP contribution is -2.31. The normalized spacial score (nSPS) is 12.2. The van der Waals surface area contributed by atoms with Gasteiger partial charge in [0, 0.05) is 19.5 Å². The van der Waals surface area contributed by atoms with Crippen LogP contribution in [-0.4, -0.2) is 24.0 Å². The number of thiocarbonyl (C=S) groups is 1. The van der Waals surface area contributed by atoms with Crippen molar-refractivity contribution in [3.63, 3.8) is 0 Å². The average molecular weight is 347 g/mol. The van der Waals surface area contributed by atoms with Crippen LogP contribution in [0.2, 0.25) is 0 Å². The monoisotopic (exact) mass is 346 g/mol. The predicted molar refractivity (Wildman–Crippen MR) is 107 cm³/mol. The zero-order chi connectivity index (χ0) is 18.3. The molecule has 1 aromatic rings. The van der Waals surface area contributed by atoms with Crippen molar-refractivity contribution in [3.8, 4) is 0 Å². The third-order valence-corrected chi connectivity index (χ3v) is 3.93. The van der Waals surface area contributed by atoms with E-state index in [-0.39, 0.29) is 11.7 Å². The highest BCUT2D eigenvalue weighted by atomic mass is 32.1. The molecule has 0 radical (unpaired) electrons. The molecule has 0 saturated carbocycles. The van der Waals surface area contributed by atoms with Gasteiger partial charge in [0.2, 0.25) is 0 Å². The van der Waals surface area contributed by atoms with E-state index in [0.29, 0.717) is 18.3 Å². The number of benzene rings is 1. The van der Waals surface area contributed by atoms with Gasteiger partial charge in [-0.15, -0.1) is 0 Å². The van der Waals surface area contributed by atoms with E-state index < -0.39 is 0 Å². The van der Waals surface area contributed by atoms with Gasteiger partial charge < -0.3 is 9.69 Å². The first-order valence-electron chi connectivity index (χ1n) is 8.70. The molecule has 132 valence electrons. The number of Topliss-reactive ketones (excluding diaryl/α,β-unsaturated/α-hetero) is 1. The molecule has 0 aliphatic rings. The first kappa shape index (κ1) is 20.5. The van der Waals surface area contributed by atoms with E-state index in [2.05, 4.69) is 67.9 Å². The van der Waals surface area contributed by atoms with Crippen LogP contribution in [-0.2, 0) is 4.79 Å². The Labute approximate surface area is 152 Å². The largest absolute Gasteiger partial charge is 0.369 e. The third kappa shape index (κ3) is 6.54. The smallest absolute Gasteiger partial charge is 0.130 e. The Morgan fingerprint density at radius 2 is 1.75 bits per heavy atom. The van der Waals surface area contributed by atoms with Gasteiger partial charge in [0.05, 0.1) is 16.5 Å². The highest BCUT2D eigenvalue weighted by molar-refractivity contribution is 7.78. The van der Waals surface area contributed by atoms with Gasteiger partial charge in [-0.05, 0) is 54.6 Å². The van der Waals surface area contributed by atoms with Crippen LogP contribution in [0.25, 0.3) is 0 Å². The fourth-order valence-electron chi connectivity index (χ4n) is 2.95. The van der Waals surface area contributed by atoms with E-state index in [0.717, 1.165) is 30.0 Å². The summed E-state index contributed by atoms with van der Waals surface area (Å²) in [6.45, 7) is 14.5. The number of carbonyl (C=O) groups excluding carboxylic acids is 1. The molecule has 0 heterocycles. The first-order valence-corrected chi connectivity index (χ1v) is 9.11. The van der Waals surface area contributed by atoms with Gasteiger partial charge in [0.15, 0.2) is 0 Å². The van der Waals surface area contributed by atoms with Gasteiger partial charge in [-0.25, -0.2) is 0 Å². The molecule has 0 aliphatic carbocycles. The minimum absolute atomic E-state index is 0.180. The molecule has 0 N–H and O–H groups in total. The molecule has 0 spiro atoms. The van der Waals surface area contributed by atoms with Crippen molar-refractivity contribution in [1.29, 1.82) is 0 Å². The lowest BCUT2D eigenvalue weighted by atomic mass is 9.95. The summed E-state index contributed by atoms with van der Waals surface area (Å²) in [7, 11) is 0. The van der Waals surface area contributed by atoms with Crippen LogP contribution < -0.4 is 4.90 Å². The molecule has 0 aliphatic heterocycles. The van der Waals surface area contributed by atoms with E-state index in [1.807, 2.05) is 0 Å². The summed E-state index contributed by atoms with van der Waals surface area (Å²) in [6, 6.07) is 6.27. The molecule has 0 amide bonds. The average Bonchev–Trinajstić information content (AvgIpc) is 2.45. The van der Waals surface area contributed by atoms with Crippen LogP contribution in [0.1, 0.15) is 59.4 Å². The van der Waals surface area contributed by atoms with E-state index in [4.69, 9.17) is 12.2 Å². The maximum absolute atomic E-state index is 11.4. The molecule has 1 rings (SSSR count). The molecule has 3 nitrogen and oxygen atoms in total. The van der Waals surface area contributed by atoms with Crippen molar-refractivity contribution in [2.45, 2.75) is 53.9 Å². The summed E-state index contributed by atoms with van der Waals surface area (Å²) in [6.07, 6.45) is 0.543. The molecule has 1 aromatic carbocycles. The van der Waals surface area contributed by atoms with E-state index in [1.165, 1.54) is 0 Å². The molecule has 0 saturated heterocycles. The topological polar surface area (TPSA) is 32.7 Å². The predicted octanol–water partition coefficient (Wildman–Crippen LogP) is 5.62. The summed E-state index contributed by atoms with van der Waals surface area (Å²) in [5, 5.41) is 2.51. The fraction of sp³-hybridized carbons (Fsp3) is 0.600. The number of aliphatic imine (C=N–C) groups is 1. The van der Waals surface area contributed by atoms with E-state index in [9.17, 15) is 4.79 Å². The number of ketones is 1. The molecular formula is C20H30N2OS. The van der Waals surface area contributed by atoms with Crippen LogP contribution in [0.5, 0.6) is 0 Å². The number of hydrogen-bond acceptors (Lipinski definition) is 4. The lowest BCUT2D eigenvalue weighted by molar-refractivity contribution is -0.117. The number of carbonyl (C=O) groups is 1. The fourth-order valence-corrected chi connectivity index (χ4v) is 3.05. The van der Waals surface area contributed by atoms with Crippen LogP contribution in [0.4, 0.5) is 11.4 Å². The van der Waals surface area contributed by atoms with Gasteiger partial charge >= 0.3 is 0 Å². The minimum Gasteiger partial charge on any atom is -0.369 e. The number of isothiocyanates is 1. The SMILES string of the molecule is CC(=O)CC(C)c1ccc(N(CC(C)C)CC(C)C)c(N=C=S)c1. The van der Waals surface area contributed by atoms with Crippen LogP contribution in [0.3, 0.4) is 0 Å².